The summed E-state index contributed by atoms with van der Waals surface area (Å²) in [7, 11) is -4.02. The normalized spacial score (nSPS) is 16.3. The van der Waals surface area contributed by atoms with Gasteiger partial charge in [0.05, 0.1) is 11.2 Å². The molecule has 0 atom stereocenters. The molecule has 0 radical (unpaired) electrons. The minimum absolute atomic E-state index is 0.0346. The molecule has 1 saturated heterocycles. The lowest BCUT2D eigenvalue weighted by atomic mass is 10.3. The van der Waals surface area contributed by atoms with Crippen molar-refractivity contribution in [1.82, 2.24) is 9.21 Å². The summed E-state index contributed by atoms with van der Waals surface area (Å²) in [5.74, 6) is -2.06. The highest BCUT2D eigenvalue weighted by Crippen LogP contribution is 2.20. The first kappa shape index (κ1) is 16.6. The van der Waals surface area contributed by atoms with Crippen molar-refractivity contribution in [2.75, 3.05) is 26.2 Å². The Morgan fingerprint density at radius 1 is 1.04 bits per heavy atom. The topological polar surface area (TPSA) is 70.8 Å². The molecule has 1 aliphatic rings. The first-order valence-corrected chi connectivity index (χ1v) is 8.61. The second kappa shape index (κ2) is 6.33. The second-order valence-corrected chi connectivity index (χ2v) is 7.22. The van der Waals surface area contributed by atoms with Crippen molar-refractivity contribution >= 4 is 15.9 Å². The Bertz CT molecular complexity index is 824. The number of piperazine rings is 1. The summed E-state index contributed by atoms with van der Waals surface area (Å²) in [6.45, 7) is 0.396. The Balaban J connectivity index is 1.73. The lowest BCUT2D eigenvalue weighted by molar-refractivity contribution is 0.0666. The van der Waals surface area contributed by atoms with Crippen molar-refractivity contribution in [3.8, 4) is 0 Å². The molecule has 1 aromatic carbocycles. The number of nitrogens with zero attached hydrogens (tertiary/aromatic N) is 2. The SMILES string of the molecule is O=C(c1ccco1)N1CCN(S(=O)(=O)c2cc(F)cc(F)c2)CC1. The Morgan fingerprint density at radius 2 is 1.67 bits per heavy atom. The monoisotopic (exact) mass is 356 g/mol. The zero-order valence-electron chi connectivity index (χ0n) is 12.5. The zero-order valence-corrected chi connectivity index (χ0v) is 13.3. The summed E-state index contributed by atoms with van der Waals surface area (Å²) in [6, 6.07) is 5.28. The fourth-order valence-corrected chi connectivity index (χ4v) is 3.98. The van der Waals surface area contributed by atoms with Gasteiger partial charge in [-0.15, -0.1) is 0 Å². The summed E-state index contributed by atoms with van der Waals surface area (Å²) < 4.78 is 57.6. The molecule has 0 N–H and O–H groups in total. The molecule has 0 unspecified atom stereocenters. The Morgan fingerprint density at radius 3 is 2.21 bits per heavy atom. The maximum absolute atomic E-state index is 13.3. The van der Waals surface area contributed by atoms with Gasteiger partial charge < -0.3 is 9.32 Å². The third-order valence-corrected chi connectivity index (χ3v) is 5.61. The van der Waals surface area contributed by atoms with Crippen LogP contribution in [0.1, 0.15) is 10.6 Å². The number of benzene rings is 1. The van der Waals surface area contributed by atoms with Crippen LogP contribution in [0.25, 0.3) is 0 Å². The maximum Gasteiger partial charge on any atom is 0.289 e. The van der Waals surface area contributed by atoms with E-state index in [1.54, 1.807) is 6.07 Å². The van der Waals surface area contributed by atoms with Crippen LogP contribution in [-0.2, 0) is 10.0 Å². The van der Waals surface area contributed by atoms with Gasteiger partial charge in [-0.3, -0.25) is 4.79 Å². The summed E-state index contributed by atoms with van der Waals surface area (Å²) in [4.78, 5) is 13.2. The molecule has 128 valence electrons. The fourth-order valence-electron chi connectivity index (χ4n) is 2.51. The summed E-state index contributed by atoms with van der Waals surface area (Å²) >= 11 is 0. The minimum atomic E-state index is -4.02. The van der Waals surface area contributed by atoms with E-state index < -0.39 is 26.6 Å². The molecule has 0 spiro atoms. The molecule has 24 heavy (non-hydrogen) atoms. The van der Waals surface area contributed by atoms with E-state index in [9.17, 15) is 22.0 Å². The van der Waals surface area contributed by atoms with E-state index in [2.05, 4.69) is 0 Å². The molecule has 9 heteroatoms. The molecular weight excluding hydrogens is 342 g/mol. The Labute approximate surface area is 137 Å². The van der Waals surface area contributed by atoms with Crippen LogP contribution in [0, 0.1) is 11.6 Å². The van der Waals surface area contributed by atoms with E-state index in [1.807, 2.05) is 0 Å². The summed E-state index contributed by atoms with van der Waals surface area (Å²) in [5, 5.41) is 0. The lowest BCUT2D eigenvalue weighted by Gasteiger charge is -2.33. The largest absolute Gasteiger partial charge is 0.459 e. The molecule has 1 aromatic heterocycles. The van der Waals surface area contributed by atoms with Crippen molar-refractivity contribution in [2.45, 2.75) is 4.90 Å². The molecule has 3 rings (SSSR count). The van der Waals surface area contributed by atoms with Crippen molar-refractivity contribution in [2.24, 2.45) is 0 Å². The maximum atomic E-state index is 13.3. The molecule has 2 aromatic rings. The molecular formula is C15H14F2N2O4S. The number of hydrogen-bond donors (Lipinski definition) is 0. The average molecular weight is 356 g/mol. The number of hydrogen-bond acceptors (Lipinski definition) is 4. The number of amides is 1. The van der Waals surface area contributed by atoms with Crippen molar-refractivity contribution in [3.63, 3.8) is 0 Å². The van der Waals surface area contributed by atoms with Crippen molar-refractivity contribution in [1.29, 1.82) is 0 Å². The predicted molar refractivity (Wildman–Crippen MR) is 79.7 cm³/mol. The van der Waals surface area contributed by atoms with Crippen molar-refractivity contribution < 1.29 is 26.4 Å². The van der Waals surface area contributed by atoms with Gasteiger partial charge in [0, 0.05) is 32.2 Å². The van der Waals surface area contributed by atoms with Crippen LogP contribution in [0.3, 0.4) is 0 Å². The van der Waals surface area contributed by atoms with E-state index in [4.69, 9.17) is 4.42 Å². The molecule has 0 bridgehead atoms. The third kappa shape index (κ3) is 3.17. The molecule has 1 amide bonds. The van der Waals surface area contributed by atoms with Crippen LogP contribution in [0.4, 0.5) is 8.78 Å². The van der Waals surface area contributed by atoms with Gasteiger partial charge in [-0.1, -0.05) is 0 Å². The lowest BCUT2D eigenvalue weighted by Crippen LogP contribution is -2.50. The highest BCUT2D eigenvalue weighted by atomic mass is 32.2. The van der Waals surface area contributed by atoms with E-state index in [0.29, 0.717) is 6.07 Å². The van der Waals surface area contributed by atoms with Gasteiger partial charge in [-0.05, 0) is 24.3 Å². The van der Waals surface area contributed by atoms with Gasteiger partial charge in [0.25, 0.3) is 5.91 Å². The second-order valence-electron chi connectivity index (χ2n) is 5.28. The average Bonchev–Trinajstić information content (AvgIpc) is 3.08. The van der Waals surface area contributed by atoms with Crippen LogP contribution < -0.4 is 0 Å². The number of carbonyl (C=O) groups excluding carboxylic acids is 1. The molecule has 2 heterocycles. The van der Waals surface area contributed by atoms with Gasteiger partial charge >= 0.3 is 0 Å². The Kier molecular flexibility index (Phi) is 4.37. The Hall–Kier alpha value is -2.26. The highest BCUT2D eigenvalue weighted by molar-refractivity contribution is 7.89. The van der Waals surface area contributed by atoms with Gasteiger partial charge in [-0.2, -0.15) is 4.31 Å². The highest BCUT2D eigenvalue weighted by Gasteiger charge is 2.31. The van der Waals surface area contributed by atoms with E-state index >= 15 is 0 Å². The predicted octanol–water partition coefficient (Wildman–Crippen LogP) is 1.70. The quantitative estimate of drug-likeness (QED) is 0.839. The van der Waals surface area contributed by atoms with Gasteiger partial charge in [-0.25, -0.2) is 17.2 Å². The number of carbonyl (C=O) groups is 1. The third-order valence-electron chi connectivity index (χ3n) is 3.73. The van der Waals surface area contributed by atoms with Gasteiger partial charge in [0.2, 0.25) is 10.0 Å². The van der Waals surface area contributed by atoms with Gasteiger partial charge in [0.15, 0.2) is 5.76 Å². The minimum Gasteiger partial charge on any atom is -0.459 e. The van der Waals surface area contributed by atoms with Crippen molar-refractivity contribution in [3.05, 3.63) is 54.0 Å². The molecule has 1 aliphatic heterocycles. The van der Waals surface area contributed by atoms with E-state index in [-0.39, 0.29) is 37.8 Å². The van der Waals surface area contributed by atoms with Crippen LogP contribution >= 0.6 is 0 Å². The smallest absolute Gasteiger partial charge is 0.289 e. The molecule has 1 fully saturated rings. The number of halogens is 2. The molecule has 6 nitrogen and oxygen atoms in total. The summed E-state index contributed by atoms with van der Waals surface area (Å²) in [6.07, 6.45) is 1.38. The fraction of sp³-hybridized carbons (Fsp3) is 0.267. The van der Waals surface area contributed by atoms with Crippen LogP contribution in [0.2, 0.25) is 0 Å². The van der Waals surface area contributed by atoms with Crippen LogP contribution in [-0.4, -0.2) is 49.7 Å². The van der Waals surface area contributed by atoms with Crippen LogP contribution in [0.15, 0.2) is 45.9 Å². The zero-order chi connectivity index (χ0) is 17.3. The molecule has 0 aliphatic carbocycles. The first-order chi connectivity index (χ1) is 11.4. The number of rotatable bonds is 3. The number of sulfonamides is 1. The molecule has 0 saturated carbocycles. The summed E-state index contributed by atoms with van der Waals surface area (Å²) in [5.41, 5.74) is 0. The van der Waals surface area contributed by atoms with Gasteiger partial charge in [0.1, 0.15) is 11.6 Å². The van der Waals surface area contributed by atoms with E-state index in [0.717, 1.165) is 16.4 Å². The standard InChI is InChI=1S/C15H14F2N2O4S/c16-11-8-12(17)10-13(9-11)24(21,22)19-5-3-18(4-6-19)15(20)14-2-1-7-23-14/h1-2,7-10H,3-6H2. The number of furan rings is 1. The van der Waals surface area contributed by atoms with E-state index in [1.165, 1.54) is 17.2 Å². The van der Waals surface area contributed by atoms with Crippen LogP contribution in [0.5, 0.6) is 0 Å². The first-order valence-electron chi connectivity index (χ1n) is 7.17.